The van der Waals surface area contributed by atoms with Gasteiger partial charge < -0.3 is 5.32 Å². The molecular weight excluding hydrogens is 362 g/mol. The molecule has 0 bridgehead atoms. The Morgan fingerprint density at radius 3 is 2.42 bits per heavy atom. The summed E-state index contributed by atoms with van der Waals surface area (Å²) in [5, 5.41) is 16.1. The lowest BCUT2D eigenvalue weighted by molar-refractivity contribution is 0.556. The molecule has 9 heteroatoms. The predicted octanol–water partition coefficient (Wildman–Crippen LogP) is 4.05. The molecule has 0 spiro atoms. The minimum absolute atomic E-state index is 0.0247. The van der Waals surface area contributed by atoms with Gasteiger partial charge in [-0.1, -0.05) is 25.4 Å². The van der Waals surface area contributed by atoms with Gasteiger partial charge in [0.1, 0.15) is 28.9 Å². The average Bonchev–Trinajstić information content (AvgIpc) is 3.04. The van der Waals surface area contributed by atoms with Crippen molar-refractivity contribution < 1.29 is 8.78 Å². The number of anilines is 1. The first-order chi connectivity index (χ1) is 12.3. The average molecular weight is 377 g/mol. The van der Waals surface area contributed by atoms with Gasteiger partial charge in [-0.25, -0.2) is 8.78 Å². The van der Waals surface area contributed by atoms with Gasteiger partial charge in [-0.15, -0.1) is 0 Å². The fraction of sp³-hybridized carbons (Fsp3) is 0.294. The van der Waals surface area contributed by atoms with Crippen LogP contribution in [0, 0.1) is 28.9 Å². The molecular formula is C17H15ClF2N6. The number of hydrogen-bond donors (Lipinski definition) is 1. The van der Waals surface area contributed by atoms with E-state index in [4.69, 9.17) is 16.9 Å². The maximum absolute atomic E-state index is 14.6. The maximum atomic E-state index is 14.6. The smallest absolute Gasteiger partial charge is 0.255 e. The molecule has 0 aliphatic rings. The third-order valence-electron chi connectivity index (χ3n) is 4.17. The van der Waals surface area contributed by atoms with Gasteiger partial charge in [0.25, 0.3) is 5.78 Å². The molecule has 3 rings (SSSR count). The summed E-state index contributed by atoms with van der Waals surface area (Å²) in [6.45, 7) is 5.93. The lowest BCUT2D eigenvalue weighted by Crippen LogP contribution is -2.24. The Morgan fingerprint density at radius 1 is 1.19 bits per heavy atom. The van der Waals surface area contributed by atoms with Crippen LogP contribution in [-0.4, -0.2) is 25.6 Å². The number of nitrogens with one attached hydrogen (secondary N) is 1. The summed E-state index contributed by atoms with van der Waals surface area (Å²) in [5.74, 6) is -1.12. The third-order valence-corrected chi connectivity index (χ3v) is 4.44. The molecule has 1 N–H and O–H groups in total. The van der Waals surface area contributed by atoms with Crippen molar-refractivity contribution in [3.8, 4) is 17.2 Å². The molecule has 0 unspecified atom stereocenters. The van der Waals surface area contributed by atoms with Crippen LogP contribution in [0.3, 0.4) is 0 Å². The van der Waals surface area contributed by atoms with E-state index in [1.165, 1.54) is 10.8 Å². The lowest BCUT2D eigenvalue weighted by Gasteiger charge is -2.22. The Kier molecular flexibility index (Phi) is 4.74. The number of nitrogens with zero attached hydrogens (tertiary/aromatic N) is 5. The number of rotatable bonds is 4. The number of nitriles is 1. The van der Waals surface area contributed by atoms with Crippen LogP contribution in [0.2, 0.25) is 5.15 Å². The van der Waals surface area contributed by atoms with Crippen LogP contribution in [0.4, 0.5) is 14.6 Å². The van der Waals surface area contributed by atoms with Crippen molar-refractivity contribution in [2.75, 3.05) is 5.32 Å². The summed E-state index contributed by atoms with van der Waals surface area (Å²) < 4.78 is 30.6. The summed E-state index contributed by atoms with van der Waals surface area (Å²) in [5.41, 5.74) is -0.478. The van der Waals surface area contributed by atoms with Gasteiger partial charge in [0.2, 0.25) is 0 Å². The first-order valence-electron chi connectivity index (χ1n) is 7.88. The van der Waals surface area contributed by atoms with Crippen molar-refractivity contribution in [3.63, 3.8) is 0 Å². The van der Waals surface area contributed by atoms with Crippen molar-refractivity contribution in [2.24, 2.45) is 5.92 Å². The molecule has 1 aromatic carbocycles. The highest BCUT2D eigenvalue weighted by atomic mass is 35.5. The highest BCUT2D eigenvalue weighted by Crippen LogP contribution is 2.38. The van der Waals surface area contributed by atoms with Crippen LogP contribution in [-0.2, 0) is 0 Å². The van der Waals surface area contributed by atoms with Crippen LogP contribution in [0.15, 0.2) is 18.5 Å². The summed E-state index contributed by atoms with van der Waals surface area (Å²) >= 11 is 6.25. The minimum Gasteiger partial charge on any atom is -0.367 e. The van der Waals surface area contributed by atoms with E-state index in [1.807, 2.05) is 20.8 Å². The summed E-state index contributed by atoms with van der Waals surface area (Å²) in [6.07, 6.45) is 1.28. The Balaban J connectivity index is 2.33. The molecule has 134 valence electrons. The summed E-state index contributed by atoms with van der Waals surface area (Å²) in [6, 6.07) is 3.57. The molecule has 0 saturated carbocycles. The highest BCUT2D eigenvalue weighted by molar-refractivity contribution is 6.33. The van der Waals surface area contributed by atoms with E-state index in [-0.39, 0.29) is 45.4 Å². The third kappa shape index (κ3) is 3.06. The number of benzene rings is 1. The fourth-order valence-electron chi connectivity index (χ4n) is 2.43. The monoisotopic (exact) mass is 376 g/mol. The number of hydrogen-bond acceptors (Lipinski definition) is 5. The Bertz CT molecular complexity index is 1000. The van der Waals surface area contributed by atoms with E-state index in [0.29, 0.717) is 0 Å². The first-order valence-corrected chi connectivity index (χ1v) is 8.26. The normalized spacial score (nSPS) is 12.4. The molecule has 0 saturated heterocycles. The zero-order valence-corrected chi connectivity index (χ0v) is 15.0. The van der Waals surface area contributed by atoms with Crippen molar-refractivity contribution in [3.05, 3.63) is 40.8 Å². The zero-order chi connectivity index (χ0) is 19.0. The predicted molar refractivity (Wildman–Crippen MR) is 93.8 cm³/mol. The highest BCUT2D eigenvalue weighted by Gasteiger charge is 2.25. The molecule has 6 nitrogen and oxygen atoms in total. The molecule has 2 heterocycles. The molecule has 0 fully saturated rings. The Hall–Kier alpha value is -2.79. The SMILES string of the molecule is CC(C)[C@H](C)Nc1c(-c2c(F)cc(C#N)cc2F)c(Cl)nc2ncnn12. The second-order valence-corrected chi connectivity index (χ2v) is 6.56. The second-order valence-electron chi connectivity index (χ2n) is 6.20. The van der Waals surface area contributed by atoms with Crippen molar-refractivity contribution >= 4 is 23.2 Å². The topological polar surface area (TPSA) is 78.9 Å². The standard InChI is InChI=1S/C17H15ClF2N6/c1-8(2)9(3)24-16-14(15(18)25-17-22-7-23-26(16)17)13-11(19)4-10(6-21)5-12(13)20/h4-5,7-9,24H,1-3H3/t9-/m0/s1. The van der Waals surface area contributed by atoms with Gasteiger partial charge in [0, 0.05) is 6.04 Å². The Morgan fingerprint density at radius 2 is 1.85 bits per heavy atom. The summed E-state index contributed by atoms with van der Waals surface area (Å²) in [4.78, 5) is 8.05. The van der Waals surface area contributed by atoms with Crippen LogP contribution in [0.25, 0.3) is 16.9 Å². The van der Waals surface area contributed by atoms with Crippen LogP contribution < -0.4 is 5.32 Å². The van der Waals surface area contributed by atoms with E-state index in [2.05, 4.69) is 20.4 Å². The van der Waals surface area contributed by atoms with E-state index >= 15 is 0 Å². The molecule has 26 heavy (non-hydrogen) atoms. The first kappa shape index (κ1) is 18.0. The van der Waals surface area contributed by atoms with E-state index in [0.717, 1.165) is 12.1 Å². The van der Waals surface area contributed by atoms with Crippen LogP contribution in [0.1, 0.15) is 26.3 Å². The number of halogens is 3. The second kappa shape index (κ2) is 6.84. The van der Waals surface area contributed by atoms with Crippen LogP contribution >= 0.6 is 11.6 Å². The van der Waals surface area contributed by atoms with E-state index in [1.54, 1.807) is 6.07 Å². The van der Waals surface area contributed by atoms with E-state index in [9.17, 15) is 8.78 Å². The van der Waals surface area contributed by atoms with Gasteiger partial charge in [-0.2, -0.15) is 24.8 Å². The Labute approximate surface area is 153 Å². The quantitative estimate of drug-likeness (QED) is 0.695. The molecule has 0 amide bonds. The van der Waals surface area contributed by atoms with Gasteiger partial charge in [-0.05, 0) is 25.0 Å². The van der Waals surface area contributed by atoms with Gasteiger partial charge >= 0.3 is 0 Å². The zero-order valence-electron chi connectivity index (χ0n) is 14.3. The van der Waals surface area contributed by atoms with Gasteiger partial charge in [0.15, 0.2) is 0 Å². The summed E-state index contributed by atoms with van der Waals surface area (Å²) in [7, 11) is 0. The van der Waals surface area contributed by atoms with Gasteiger partial charge in [0.05, 0.1) is 22.8 Å². The van der Waals surface area contributed by atoms with Crippen molar-refractivity contribution in [1.82, 2.24) is 19.6 Å². The number of aromatic nitrogens is 4. The lowest BCUT2D eigenvalue weighted by atomic mass is 10.0. The van der Waals surface area contributed by atoms with Crippen molar-refractivity contribution in [1.29, 1.82) is 5.26 Å². The van der Waals surface area contributed by atoms with Gasteiger partial charge in [-0.3, -0.25) is 0 Å². The number of fused-ring (bicyclic) bond motifs is 1. The molecule has 1 atom stereocenters. The fourth-order valence-corrected chi connectivity index (χ4v) is 2.69. The molecule has 0 aliphatic heterocycles. The molecule has 2 aromatic heterocycles. The van der Waals surface area contributed by atoms with Crippen molar-refractivity contribution in [2.45, 2.75) is 26.8 Å². The maximum Gasteiger partial charge on any atom is 0.255 e. The van der Waals surface area contributed by atoms with E-state index < -0.39 is 11.6 Å². The molecule has 3 aromatic rings. The minimum atomic E-state index is -0.912. The molecule has 0 radical (unpaired) electrons. The largest absolute Gasteiger partial charge is 0.367 e. The molecule has 0 aliphatic carbocycles. The van der Waals surface area contributed by atoms with Crippen LogP contribution in [0.5, 0.6) is 0 Å².